The molecule has 2 aromatic carbocycles. The molecule has 2 heterocycles. The summed E-state index contributed by atoms with van der Waals surface area (Å²) in [6.45, 7) is 0.0554. The minimum atomic E-state index is -0.292. The fourth-order valence-electron chi connectivity index (χ4n) is 4.14. The van der Waals surface area contributed by atoms with Crippen LogP contribution in [0.2, 0.25) is 0 Å². The normalized spacial score (nSPS) is 15.1. The number of aryl methyl sites for hydroxylation is 1. The molecule has 1 aliphatic rings. The Balaban J connectivity index is 1.48. The number of nitrogens with zero attached hydrogens (tertiary/aromatic N) is 3. The molecule has 0 saturated heterocycles. The lowest BCUT2D eigenvalue weighted by atomic mass is 10.1. The summed E-state index contributed by atoms with van der Waals surface area (Å²) in [4.78, 5) is 32.5. The maximum absolute atomic E-state index is 12.9. The molecule has 156 valence electrons. The smallest absolute Gasteiger partial charge is 0.275 e. The van der Waals surface area contributed by atoms with E-state index in [1.54, 1.807) is 18.2 Å². The molecular weight excluding hydrogens is 394 g/mol. The van der Waals surface area contributed by atoms with Gasteiger partial charge in [0, 0.05) is 6.07 Å². The van der Waals surface area contributed by atoms with Gasteiger partial charge in [0.2, 0.25) is 11.8 Å². The predicted octanol–water partition coefficient (Wildman–Crippen LogP) is 2.64. The number of ether oxygens (including phenoxy) is 1. The monoisotopic (exact) mass is 415 g/mol. The van der Waals surface area contributed by atoms with Gasteiger partial charge in [0.15, 0.2) is 0 Å². The molecule has 4 aromatic rings. The van der Waals surface area contributed by atoms with Crippen molar-refractivity contribution in [2.45, 2.75) is 25.4 Å². The fraction of sp³-hybridized carbons (Fsp3) is 0.217. The first-order valence-electron chi connectivity index (χ1n) is 10.1. The first-order valence-corrected chi connectivity index (χ1v) is 10.1. The van der Waals surface area contributed by atoms with Gasteiger partial charge in [0.1, 0.15) is 0 Å². The highest BCUT2D eigenvalue weighted by atomic mass is 16.5. The van der Waals surface area contributed by atoms with Crippen molar-refractivity contribution in [2.75, 3.05) is 12.4 Å². The van der Waals surface area contributed by atoms with Crippen molar-refractivity contribution in [3.05, 3.63) is 92.1 Å². The van der Waals surface area contributed by atoms with Crippen LogP contribution in [0, 0.1) is 0 Å². The van der Waals surface area contributed by atoms with E-state index in [0.29, 0.717) is 28.3 Å². The zero-order valence-electron chi connectivity index (χ0n) is 17.0. The van der Waals surface area contributed by atoms with Crippen LogP contribution in [0.25, 0.3) is 10.8 Å². The number of nitrogens with one attached hydrogen (secondary N) is 2. The van der Waals surface area contributed by atoms with Crippen molar-refractivity contribution in [2.24, 2.45) is 0 Å². The Morgan fingerprint density at radius 2 is 1.90 bits per heavy atom. The third kappa shape index (κ3) is 3.56. The molecule has 31 heavy (non-hydrogen) atoms. The molecule has 8 nitrogen and oxygen atoms in total. The van der Waals surface area contributed by atoms with Gasteiger partial charge in [-0.15, -0.1) is 5.10 Å². The Morgan fingerprint density at radius 3 is 2.74 bits per heavy atom. The van der Waals surface area contributed by atoms with Gasteiger partial charge in [-0.1, -0.05) is 36.4 Å². The van der Waals surface area contributed by atoms with E-state index in [-0.39, 0.29) is 23.7 Å². The second-order valence-electron chi connectivity index (χ2n) is 7.54. The quantitative estimate of drug-likeness (QED) is 0.520. The van der Waals surface area contributed by atoms with Crippen LogP contribution in [0.1, 0.15) is 29.3 Å². The number of fused-ring (bicyclic) bond motifs is 2. The van der Waals surface area contributed by atoms with Crippen molar-refractivity contribution in [3.8, 4) is 5.88 Å². The van der Waals surface area contributed by atoms with Crippen molar-refractivity contribution in [3.63, 3.8) is 0 Å². The van der Waals surface area contributed by atoms with Gasteiger partial charge < -0.3 is 10.1 Å². The summed E-state index contributed by atoms with van der Waals surface area (Å²) in [5, 5.41) is 8.79. The molecule has 0 aliphatic heterocycles. The molecule has 0 radical (unpaired) electrons. The number of methoxy groups -OCH3 is 1. The summed E-state index contributed by atoms with van der Waals surface area (Å²) < 4.78 is 6.63. The van der Waals surface area contributed by atoms with Gasteiger partial charge in [-0.05, 0) is 36.1 Å². The van der Waals surface area contributed by atoms with E-state index in [4.69, 9.17) is 4.74 Å². The topological polar surface area (TPSA) is 102 Å². The number of aromatic amines is 1. The van der Waals surface area contributed by atoms with Crippen LogP contribution in [-0.2, 0) is 13.0 Å². The molecule has 0 fully saturated rings. The summed E-state index contributed by atoms with van der Waals surface area (Å²) in [6.07, 6.45) is 1.91. The van der Waals surface area contributed by atoms with Crippen molar-refractivity contribution < 1.29 is 4.74 Å². The van der Waals surface area contributed by atoms with Gasteiger partial charge in [-0.25, -0.2) is 9.67 Å². The Hall–Kier alpha value is -3.94. The fourth-order valence-corrected chi connectivity index (χ4v) is 4.14. The lowest BCUT2D eigenvalue weighted by Crippen LogP contribution is -2.26. The minimum absolute atomic E-state index is 0.0554. The lowest BCUT2D eigenvalue weighted by molar-refractivity contribution is 0.385. The second-order valence-corrected chi connectivity index (χ2v) is 7.54. The Bertz CT molecular complexity index is 1390. The number of aromatic nitrogens is 4. The van der Waals surface area contributed by atoms with Crippen LogP contribution < -0.4 is 21.2 Å². The largest absolute Gasteiger partial charge is 0.480 e. The summed E-state index contributed by atoms with van der Waals surface area (Å²) in [6, 6.07) is 16.9. The SMILES string of the molecule is COc1nn(Cc2cc(=O)[nH]c(NC3CCc4ccccc43)n2)c(=O)c2ccccc12. The molecule has 1 aliphatic carbocycles. The van der Waals surface area contributed by atoms with E-state index in [2.05, 4.69) is 32.5 Å². The third-order valence-electron chi connectivity index (χ3n) is 5.58. The highest BCUT2D eigenvalue weighted by Gasteiger charge is 2.22. The zero-order valence-corrected chi connectivity index (χ0v) is 17.0. The molecule has 2 N–H and O–H groups in total. The summed E-state index contributed by atoms with van der Waals surface area (Å²) in [7, 11) is 1.51. The first-order chi connectivity index (χ1) is 15.1. The van der Waals surface area contributed by atoms with Crippen molar-refractivity contribution in [1.29, 1.82) is 0 Å². The number of rotatable bonds is 5. The van der Waals surface area contributed by atoms with E-state index in [1.165, 1.54) is 29.0 Å². The number of benzene rings is 2. The molecule has 2 aromatic heterocycles. The molecule has 8 heteroatoms. The predicted molar refractivity (Wildman–Crippen MR) is 118 cm³/mol. The molecule has 1 atom stereocenters. The Kier molecular flexibility index (Phi) is 4.74. The average molecular weight is 415 g/mol. The van der Waals surface area contributed by atoms with E-state index >= 15 is 0 Å². The number of H-pyrrole nitrogens is 1. The van der Waals surface area contributed by atoms with Crippen molar-refractivity contribution >= 4 is 16.7 Å². The van der Waals surface area contributed by atoms with Crippen LogP contribution in [-0.4, -0.2) is 26.9 Å². The maximum atomic E-state index is 12.9. The lowest BCUT2D eigenvalue weighted by Gasteiger charge is -2.15. The maximum Gasteiger partial charge on any atom is 0.275 e. The van der Waals surface area contributed by atoms with Gasteiger partial charge in [0.25, 0.3) is 11.1 Å². The zero-order chi connectivity index (χ0) is 21.4. The molecule has 1 unspecified atom stereocenters. The first kappa shape index (κ1) is 19.0. The van der Waals surface area contributed by atoms with Gasteiger partial charge >= 0.3 is 0 Å². The van der Waals surface area contributed by atoms with Crippen molar-refractivity contribution in [1.82, 2.24) is 19.7 Å². The van der Waals surface area contributed by atoms with Gasteiger partial charge in [-0.2, -0.15) is 0 Å². The van der Waals surface area contributed by atoms with Crippen LogP contribution >= 0.6 is 0 Å². The van der Waals surface area contributed by atoms with Gasteiger partial charge in [0.05, 0.1) is 36.2 Å². The molecule has 0 bridgehead atoms. The standard InChI is InChI=1S/C23H21N5O3/c1-31-21-17-8-4-5-9-18(17)22(30)28(27-21)13-15-12-20(29)26-23(24-15)25-19-11-10-14-6-2-3-7-16(14)19/h2-9,12,19H,10-11,13H2,1H3,(H2,24,25,26,29). The highest BCUT2D eigenvalue weighted by Crippen LogP contribution is 2.32. The van der Waals surface area contributed by atoms with E-state index in [9.17, 15) is 9.59 Å². The van der Waals surface area contributed by atoms with E-state index in [0.717, 1.165) is 12.8 Å². The number of hydrogen-bond acceptors (Lipinski definition) is 6. The number of anilines is 1. The molecule has 5 rings (SSSR count). The van der Waals surface area contributed by atoms with Crippen LogP contribution in [0.15, 0.2) is 64.2 Å². The van der Waals surface area contributed by atoms with Crippen LogP contribution in [0.3, 0.4) is 0 Å². The van der Waals surface area contributed by atoms with Crippen LogP contribution in [0.5, 0.6) is 5.88 Å². The second kappa shape index (κ2) is 7.71. The Labute approximate surface area is 177 Å². The van der Waals surface area contributed by atoms with Crippen LogP contribution in [0.4, 0.5) is 5.95 Å². The third-order valence-corrected chi connectivity index (χ3v) is 5.58. The van der Waals surface area contributed by atoms with E-state index < -0.39 is 0 Å². The average Bonchev–Trinajstić information content (AvgIpc) is 3.18. The van der Waals surface area contributed by atoms with E-state index in [1.807, 2.05) is 18.2 Å². The Morgan fingerprint density at radius 1 is 1.13 bits per heavy atom. The summed E-state index contributed by atoms with van der Waals surface area (Å²) in [5.41, 5.74) is 2.40. The molecule has 0 spiro atoms. The molecule has 0 amide bonds. The van der Waals surface area contributed by atoms with Gasteiger partial charge in [-0.3, -0.25) is 14.6 Å². The summed E-state index contributed by atoms with van der Waals surface area (Å²) in [5.74, 6) is 0.728. The molecular formula is C23H21N5O3. The summed E-state index contributed by atoms with van der Waals surface area (Å²) >= 11 is 0. The number of hydrogen-bond donors (Lipinski definition) is 2. The highest BCUT2D eigenvalue weighted by molar-refractivity contribution is 5.85. The minimum Gasteiger partial charge on any atom is -0.480 e. The molecule has 0 saturated carbocycles.